The van der Waals surface area contributed by atoms with Gasteiger partial charge >= 0.3 is 0 Å². The van der Waals surface area contributed by atoms with E-state index in [1.807, 2.05) is 32.9 Å². The Kier molecular flexibility index (Phi) is 3.79. The number of carbonyl (C=O) groups excluding carboxylic acids is 1. The van der Waals surface area contributed by atoms with Crippen LogP contribution in [0.1, 0.15) is 32.6 Å². The van der Waals surface area contributed by atoms with Gasteiger partial charge in [0.1, 0.15) is 0 Å². The number of rotatable bonds is 3. The maximum absolute atomic E-state index is 12.7. The molecular weight excluding hydrogens is 252 g/mol. The van der Waals surface area contributed by atoms with Crippen LogP contribution in [0.4, 0.5) is 0 Å². The molecule has 2 rings (SSSR count). The van der Waals surface area contributed by atoms with Crippen molar-refractivity contribution < 1.29 is 14.6 Å². The van der Waals surface area contributed by atoms with Crippen LogP contribution in [0.15, 0.2) is 30.3 Å². The lowest BCUT2D eigenvalue weighted by Gasteiger charge is -2.12. The van der Waals surface area contributed by atoms with E-state index in [0.29, 0.717) is 11.1 Å². The molecule has 0 saturated heterocycles. The van der Waals surface area contributed by atoms with E-state index in [1.165, 1.54) is 13.2 Å². The van der Waals surface area contributed by atoms with Gasteiger partial charge in [-0.2, -0.15) is 0 Å². The standard InChI is InChI=1S/C17H17O3/c1-10-8-11(2)15(12(3)9-10)16(19)13-6-5-7-14(18)17(13)20-4/h5-9H,1-4H3. The highest BCUT2D eigenvalue weighted by Crippen LogP contribution is 2.33. The second-order valence-corrected chi connectivity index (χ2v) is 4.94. The molecular formula is C17H17O3. The van der Waals surface area contributed by atoms with Gasteiger partial charge in [-0.3, -0.25) is 9.90 Å². The second kappa shape index (κ2) is 5.37. The monoisotopic (exact) mass is 269 g/mol. The number of benzene rings is 2. The summed E-state index contributed by atoms with van der Waals surface area (Å²) in [5.41, 5.74) is 3.88. The normalized spacial score (nSPS) is 10.4. The van der Waals surface area contributed by atoms with Crippen LogP contribution in [0, 0.1) is 20.8 Å². The zero-order chi connectivity index (χ0) is 14.9. The number of ether oxygens (including phenoxy) is 1. The summed E-state index contributed by atoms with van der Waals surface area (Å²) in [6.45, 7) is 5.80. The number of para-hydroxylation sites is 1. The molecule has 0 aliphatic rings. The lowest BCUT2D eigenvalue weighted by molar-refractivity contribution is 0.103. The fourth-order valence-corrected chi connectivity index (χ4v) is 2.58. The Morgan fingerprint density at radius 3 is 2.20 bits per heavy atom. The highest BCUT2D eigenvalue weighted by molar-refractivity contribution is 6.12. The lowest BCUT2D eigenvalue weighted by Crippen LogP contribution is -2.08. The molecule has 2 aromatic rings. The topological polar surface area (TPSA) is 46.2 Å². The first-order chi connectivity index (χ1) is 9.45. The summed E-state index contributed by atoms with van der Waals surface area (Å²) >= 11 is 0. The molecule has 0 unspecified atom stereocenters. The first kappa shape index (κ1) is 14.1. The van der Waals surface area contributed by atoms with Crippen molar-refractivity contribution in [3.8, 4) is 11.5 Å². The van der Waals surface area contributed by atoms with Gasteiger partial charge in [0.05, 0.1) is 12.7 Å². The van der Waals surface area contributed by atoms with Crippen molar-refractivity contribution in [1.82, 2.24) is 0 Å². The molecule has 3 nitrogen and oxygen atoms in total. The lowest BCUT2D eigenvalue weighted by atomic mass is 9.92. The van der Waals surface area contributed by atoms with E-state index in [9.17, 15) is 9.90 Å². The van der Waals surface area contributed by atoms with Crippen molar-refractivity contribution in [2.45, 2.75) is 20.8 Å². The fraction of sp³-hybridized carbons (Fsp3) is 0.235. The van der Waals surface area contributed by atoms with Gasteiger partial charge in [0.2, 0.25) is 5.75 Å². The minimum absolute atomic E-state index is 0.108. The van der Waals surface area contributed by atoms with Crippen molar-refractivity contribution in [2.24, 2.45) is 0 Å². The summed E-state index contributed by atoms with van der Waals surface area (Å²) in [6.07, 6.45) is 0. The number of ketones is 1. The van der Waals surface area contributed by atoms with Gasteiger partial charge in [0, 0.05) is 5.56 Å². The van der Waals surface area contributed by atoms with Crippen LogP contribution >= 0.6 is 0 Å². The molecule has 2 aromatic carbocycles. The predicted molar refractivity (Wildman–Crippen MR) is 77.2 cm³/mol. The molecule has 0 bridgehead atoms. The molecule has 0 aromatic heterocycles. The Bertz CT molecular complexity index is 649. The Hall–Kier alpha value is -2.29. The second-order valence-electron chi connectivity index (χ2n) is 4.94. The zero-order valence-corrected chi connectivity index (χ0v) is 12.1. The number of carbonyl (C=O) groups is 1. The summed E-state index contributed by atoms with van der Waals surface area (Å²) in [7, 11) is 1.41. The van der Waals surface area contributed by atoms with E-state index in [4.69, 9.17) is 4.74 Å². The Morgan fingerprint density at radius 2 is 1.65 bits per heavy atom. The molecule has 0 aliphatic carbocycles. The minimum atomic E-state index is -0.277. The van der Waals surface area contributed by atoms with Crippen LogP contribution in [-0.4, -0.2) is 12.9 Å². The molecule has 0 saturated carbocycles. The molecule has 0 fully saturated rings. The maximum Gasteiger partial charge on any atom is 0.221 e. The van der Waals surface area contributed by atoms with Crippen LogP contribution in [-0.2, 0) is 5.11 Å². The van der Waals surface area contributed by atoms with Crippen molar-refractivity contribution in [3.05, 3.63) is 58.1 Å². The quantitative estimate of drug-likeness (QED) is 0.791. The molecule has 0 aliphatic heterocycles. The molecule has 0 spiro atoms. The third-order valence-corrected chi connectivity index (χ3v) is 3.33. The van der Waals surface area contributed by atoms with Crippen molar-refractivity contribution >= 4 is 5.78 Å². The third kappa shape index (κ3) is 2.39. The molecule has 103 valence electrons. The van der Waals surface area contributed by atoms with Crippen molar-refractivity contribution in [2.75, 3.05) is 7.11 Å². The SMILES string of the molecule is COc1c([O])cccc1C(=O)c1c(C)cc(C)cc1C. The van der Waals surface area contributed by atoms with E-state index >= 15 is 0 Å². The third-order valence-electron chi connectivity index (χ3n) is 3.33. The number of aryl methyl sites for hydroxylation is 3. The van der Waals surface area contributed by atoms with Crippen LogP contribution < -0.4 is 4.74 Å². The summed E-state index contributed by atoms with van der Waals surface area (Å²) in [6, 6.07) is 8.53. The molecule has 0 atom stereocenters. The summed E-state index contributed by atoms with van der Waals surface area (Å²) in [5.74, 6) is -0.341. The molecule has 0 amide bonds. The van der Waals surface area contributed by atoms with Crippen LogP contribution in [0.5, 0.6) is 11.5 Å². The Labute approximate surface area is 118 Å². The summed E-state index contributed by atoms with van der Waals surface area (Å²) in [5, 5.41) is 11.8. The van der Waals surface area contributed by atoms with Crippen LogP contribution in [0.2, 0.25) is 0 Å². The van der Waals surface area contributed by atoms with E-state index < -0.39 is 0 Å². The van der Waals surface area contributed by atoms with E-state index in [2.05, 4.69) is 0 Å². The van der Waals surface area contributed by atoms with Gasteiger partial charge in [0.15, 0.2) is 11.5 Å². The van der Waals surface area contributed by atoms with Gasteiger partial charge in [0.25, 0.3) is 0 Å². The van der Waals surface area contributed by atoms with Gasteiger partial charge < -0.3 is 4.74 Å². The molecule has 0 heterocycles. The molecule has 20 heavy (non-hydrogen) atoms. The van der Waals surface area contributed by atoms with Gasteiger partial charge in [-0.25, -0.2) is 0 Å². The average Bonchev–Trinajstić information content (AvgIpc) is 2.37. The summed E-state index contributed by atoms with van der Waals surface area (Å²) in [4.78, 5) is 12.7. The van der Waals surface area contributed by atoms with Gasteiger partial charge in [-0.15, -0.1) is 0 Å². The highest BCUT2D eigenvalue weighted by Gasteiger charge is 2.21. The van der Waals surface area contributed by atoms with E-state index in [1.54, 1.807) is 12.1 Å². The Balaban J connectivity index is 2.61. The predicted octanol–water partition coefficient (Wildman–Crippen LogP) is 4.00. The van der Waals surface area contributed by atoms with Crippen LogP contribution in [0.3, 0.4) is 0 Å². The van der Waals surface area contributed by atoms with E-state index in [0.717, 1.165) is 16.7 Å². The number of hydrogen-bond donors (Lipinski definition) is 0. The minimum Gasteiger partial charge on any atom is -0.492 e. The van der Waals surface area contributed by atoms with Crippen LogP contribution in [0.25, 0.3) is 0 Å². The zero-order valence-electron chi connectivity index (χ0n) is 12.1. The van der Waals surface area contributed by atoms with Crippen molar-refractivity contribution in [3.63, 3.8) is 0 Å². The highest BCUT2D eigenvalue weighted by atomic mass is 16.5. The molecule has 1 radical (unpaired) electrons. The fourth-order valence-electron chi connectivity index (χ4n) is 2.58. The number of methoxy groups -OCH3 is 1. The maximum atomic E-state index is 12.7. The van der Waals surface area contributed by atoms with Gasteiger partial charge in [-0.05, 0) is 44.0 Å². The van der Waals surface area contributed by atoms with Gasteiger partial charge in [-0.1, -0.05) is 23.8 Å². The smallest absolute Gasteiger partial charge is 0.221 e. The largest absolute Gasteiger partial charge is 0.492 e. The van der Waals surface area contributed by atoms with Crippen molar-refractivity contribution in [1.29, 1.82) is 0 Å². The first-order valence-electron chi connectivity index (χ1n) is 6.42. The molecule has 0 N–H and O–H groups in total. The Morgan fingerprint density at radius 1 is 1.05 bits per heavy atom. The first-order valence-corrected chi connectivity index (χ1v) is 6.42. The van der Waals surface area contributed by atoms with E-state index in [-0.39, 0.29) is 17.3 Å². The number of hydrogen-bond acceptors (Lipinski definition) is 2. The summed E-state index contributed by atoms with van der Waals surface area (Å²) < 4.78 is 5.09. The molecule has 3 heteroatoms. The average molecular weight is 269 g/mol.